The van der Waals surface area contributed by atoms with Gasteiger partial charge in [0.05, 0.1) is 24.1 Å². The molecule has 0 unspecified atom stereocenters. The standard InChI is InChI=1S/C17H16ClN3O3S2/c1-24-16-7-6-12(9-14(16)18)19-17-20-15(10-25-17)11-4-3-5-13(8-11)21-26(2,22)23/h3-10,21H,1-2H3,(H,19,20). The predicted octanol–water partition coefficient (Wildman–Crippen LogP) is 4.59. The second-order valence-electron chi connectivity index (χ2n) is 5.47. The van der Waals surface area contributed by atoms with Gasteiger partial charge in [0.1, 0.15) is 5.75 Å². The summed E-state index contributed by atoms with van der Waals surface area (Å²) in [4.78, 5) is 4.54. The lowest BCUT2D eigenvalue weighted by Gasteiger charge is -2.07. The van der Waals surface area contributed by atoms with Crippen molar-refractivity contribution in [2.75, 3.05) is 23.4 Å². The fourth-order valence-corrected chi connectivity index (χ4v) is 3.84. The maximum absolute atomic E-state index is 11.4. The Labute approximate surface area is 160 Å². The normalized spacial score (nSPS) is 11.2. The minimum Gasteiger partial charge on any atom is -0.495 e. The molecular formula is C17H16ClN3O3S2. The van der Waals surface area contributed by atoms with E-state index in [-0.39, 0.29) is 0 Å². The fraction of sp³-hybridized carbons (Fsp3) is 0.118. The minimum absolute atomic E-state index is 0.495. The molecule has 1 heterocycles. The Morgan fingerprint density at radius 2 is 1.96 bits per heavy atom. The van der Waals surface area contributed by atoms with Gasteiger partial charge in [0.15, 0.2) is 5.13 Å². The smallest absolute Gasteiger partial charge is 0.229 e. The summed E-state index contributed by atoms with van der Waals surface area (Å²) in [5.41, 5.74) is 2.85. The Balaban J connectivity index is 1.80. The Kier molecular flexibility index (Phi) is 5.36. The Morgan fingerprint density at radius 1 is 1.15 bits per heavy atom. The molecule has 0 aliphatic carbocycles. The highest BCUT2D eigenvalue weighted by atomic mass is 35.5. The van der Waals surface area contributed by atoms with Crippen LogP contribution in [0.1, 0.15) is 0 Å². The van der Waals surface area contributed by atoms with Crippen LogP contribution in [0, 0.1) is 0 Å². The van der Waals surface area contributed by atoms with Crippen LogP contribution in [-0.2, 0) is 10.0 Å². The Bertz CT molecular complexity index is 1040. The van der Waals surface area contributed by atoms with E-state index >= 15 is 0 Å². The lowest BCUT2D eigenvalue weighted by molar-refractivity contribution is 0.415. The van der Waals surface area contributed by atoms with Crippen molar-refractivity contribution < 1.29 is 13.2 Å². The lowest BCUT2D eigenvalue weighted by atomic mass is 10.1. The van der Waals surface area contributed by atoms with Gasteiger partial charge in [-0.05, 0) is 30.3 Å². The average molecular weight is 410 g/mol. The van der Waals surface area contributed by atoms with Crippen molar-refractivity contribution >= 4 is 49.5 Å². The van der Waals surface area contributed by atoms with Gasteiger partial charge >= 0.3 is 0 Å². The second kappa shape index (κ2) is 7.53. The summed E-state index contributed by atoms with van der Waals surface area (Å²) in [7, 11) is -1.76. The Morgan fingerprint density at radius 3 is 2.65 bits per heavy atom. The lowest BCUT2D eigenvalue weighted by Crippen LogP contribution is -2.09. The molecule has 3 rings (SSSR count). The molecular weight excluding hydrogens is 394 g/mol. The van der Waals surface area contributed by atoms with Crippen LogP contribution in [0.2, 0.25) is 5.02 Å². The third kappa shape index (κ3) is 4.66. The monoisotopic (exact) mass is 409 g/mol. The largest absolute Gasteiger partial charge is 0.495 e. The molecule has 9 heteroatoms. The first-order valence-corrected chi connectivity index (χ1v) is 10.6. The van der Waals surface area contributed by atoms with Gasteiger partial charge in [-0.15, -0.1) is 11.3 Å². The number of benzene rings is 2. The number of methoxy groups -OCH3 is 1. The van der Waals surface area contributed by atoms with Crippen LogP contribution in [-0.4, -0.2) is 26.8 Å². The average Bonchev–Trinajstić information content (AvgIpc) is 3.02. The molecule has 2 aromatic carbocycles. The van der Waals surface area contributed by atoms with E-state index in [1.807, 2.05) is 17.5 Å². The molecule has 2 N–H and O–H groups in total. The molecule has 3 aromatic rings. The number of hydrogen-bond donors (Lipinski definition) is 2. The van der Waals surface area contributed by atoms with Crippen molar-refractivity contribution in [1.29, 1.82) is 0 Å². The van der Waals surface area contributed by atoms with Crippen LogP contribution in [0.3, 0.4) is 0 Å². The van der Waals surface area contributed by atoms with Gasteiger partial charge in [0, 0.05) is 22.3 Å². The van der Waals surface area contributed by atoms with Crippen molar-refractivity contribution in [3.8, 4) is 17.0 Å². The molecule has 0 amide bonds. The predicted molar refractivity (Wildman–Crippen MR) is 107 cm³/mol. The van der Waals surface area contributed by atoms with Crippen molar-refractivity contribution in [2.24, 2.45) is 0 Å². The van der Waals surface area contributed by atoms with Crippen LogP contribution >= 0.6 is 22.9 Å². The molecule has 6 nitrogen and oxygen atoms in total. The zero-order valence-electron chi connectivity index (χ0n) is 14.0. The molecule has 0 aliphatic rings. The molecule has 0 spiro atoms. The van der Waals surface area contributed by atoms with E-state index in [1.165, 1.54) is 11.3 Å². The van der Waals surface area contributed by atoms with E-state index in [9.17, 15) is 8.42 Å². The van der Waals surface area contributed by atoms with Gasteiger partial charge in [0.2, 0.25) is 10.0 Å². The summed E-state index contributed by atoms with van der Waals surface area (Å²) >= 11 is 7.57. The van der Waals surface area contributed by atoms with E-state index in [0.717, 1.165) is 23.2 Å². The molecule has 0 fully saturated rings. The third-order valence-corrected chi connectivity index (χ3v) is 5.03. The first-order chi connectivity index (χ1) is 12.3. The Hall–Kier alpha value is -2.29. The highest BCUT2D eigenvalue weighted by molar-refractivity contribution is 7.92. The van der Waals surface area contributed by atoms with Gasteiger partial charge < -0.3 is 10.1 Å². The first-order valence-electron chi connectivity index (χ1n) is 7.48. The van der Waals surface area contributed by atoms with E-state index in [0.29, 0.717) is 21.6 Å². The van der Waals surface area contributed by atoms with Gasteiger partial charge in [-0.25, -0.2) is 13.4 Å². The van der Waals surface area contributed by atoms with Crippen LogP contribution in [0.5, 0.6) is 5.75 Å². The fourth-order valence-electron chi connectivity index (χ4n) is 2.29. The first kappa shape index (κ1) is 18.5. The van der Waals surface area contributed by atoms with Crippen molar-refractivity contribution in [3.05, 3.63) is 52.9 Å². The van der Waals surface area contributed by atoms with Gasteiger partial charge in [-0.3, -0.25) is 4.72 Å². The number of ether oxygens (including phenoxy) is 1. The van der Waals surface area contributed by atoms with Gasteiger partial charge in [-0.1, -0.05) is 23.7 Å². The molecule has 0 bridgehead atoms. The number of hydrogen-bond acceptors (Lipinski definition) is 6. The van der Waals surface area contributed by atoms with Gasteiger partial charge in [-0.2, -0.15) is 0 Å². The number of nitrogens with one attached hydrogen (secondary N) is 2. The molecule has 0 radical (unpaired) electrons. The quantitative estimate of drug-likeness (QED) is 0.622. The summed E-state index contributed by atoms with van der Waals surface area (Å²) in [6, 6.07) is 12.5. The topological polar surface area (TPSA) is 80.3 Å². The van der Waals surface area contributed by atoms with Crippen LogP contribution in [0.4, 0.5) is 16.5 Å². The highest BCUT2D eigenvalue weighted by Crippen LogP contribution is 2.31. The van der Waals surface area contributed by atoms with E-state index in [1.54, 1.807) is 37.4 Å². The molecule has 0 saturated carbocycles. The zero-order chi connectivity index (χ0) is 18.7. The van der Waals surface area contributed by atoms with Crippen molar-refractivity contribution in [2.45, 2.75) is 0 Å². The number of aromatic nitrogens is 1. The molecule has 136 valence electrons. The van der Waals surface area contributed by atoms with Crippen LogP contribution < -0.4 is 14.8 Å². The molecule has 0 saturated heterocycles. The summed E-state index contributed by atoms with van der Waals surface area (Å²) in [5.74, 6) is 0.604. The maximum Gasteiger partial charge on any atom is 0.229 e. The summed E-state index contributed by atoms with van der Waals surface area (Å²) in [6.45, 7) is 0. The second-order valence-corrected chi connectivity index (χ2v) is 8.48. The highest BCUT2D eigenvalue weighted by Gasteiger charge is 2.09. The summed E-state index contributed by atoms with van der Waals surface area (Å²) < 4.78 is 30.3. The van der Waals surface area contributed by atoms with E-state index < -0.39 is 10.0 Å². The van der Waals surface area contributed by atoms with Crippen LogP contribution in [0.25, 0.3) is 11.3 Å². The number of thiazole rings is 1. The van der Waals surface area contributed by atoms with Gasteiger partial charge in [0.25, 0.3) is 0 Å². The maximum atomic E-state index is 11.4. The van der Waals surface area contributed by atoms with Crippen molar-refractivity contribution in [3.63, 3.8) is 0 Å². The number of rotatable bonds is 6. The van der Waals surface area contributed by atoms with Crippen LogP contribution in [0.15, 0.2) is 47.8 Å². The van der Waals surface area contributed by atoms with E-state index in [4.69, 9.17) is 16.3 Å². The number of nitrogens with zero attached hydrogens (tertiary/aromatic N) is 1. The molecule has 26 heavy (non-hydrogen) atoms. The van der Waals surface area contributed by atoms with E-state index in [2.05, 4.69) is 15.0 Å². The molecule has 1 aromatic heterocycles. The number of halogens is 1. The van der Waals surface area contributed by atoms with Crippen molar-refractivity contribution in [1.82, 2.24) is 4.98 Å². The number of anilines is 3. The SMILES string of the molecule is COc1ccc(Nc2nc(-c3cccc(NS(C)(=O)=O)c3)cs2)cc1Cl. The summed E-state index contributed by atoms with van der Waals surface area (Å²) in [5, 5.41) is 6.30. The summed E-state index contributed by atoms with van der Waals surface area (Å²) in [6.07, 6.45) is 1.12. The molecule has 0 aliphatic heterocycles. The number of sulfonamides is 1. The minimum atomic E-state index is -3.32. The zero-order valence-corrected chi connectivity index (χ0v) is 16.4. The molecule has 0 atom stereocenters. The third-order valence-electron chi connectivity index (χ3n) is 3.37.